The fourth-order valence-corrected chi connectivity index (χ4v) is 7.25. The number of thioether (sulfide) groups is 2. The lowest BCUT2D eigenvalue weighted by atomic mass is 10.0. The largest absolute Gasteiger partial charge is 0.504 e. The number of nitrogens with two attached hydrogens (primary N) is 4. The predicted molar refractivity (Wildman–Crippen MR) is 170 cm³/mol. The van der Waals surface area contributed by atoms with Gasteiger partial charge in [0.25, 0.3) is 11.8 Å². The van der Waals surface area contributed by atoms with Crippen molar-refractivity contribution in [3.8, 4) is 11.5 Å². The number of carbonyl (C=O) groups excluding carboxylic acids is 2. The summed E-state index contributed by atoms with van der Waals surface area (Å²) in [4.78, 5) is 69.2. The molecule has 19 nitrogen and oxygen atoms in total. The van der Waals surface area contributed by atoms with Crippen LogP contribution in [0.3, 0.4) is 0 Å². The molecule has 2 aromatic heterocycles. The molecular formula is C25H24N10O9S3. The molecule has 13 N–H and O–H groups in total. The van der Waals surface area contributed by atoms with Crippen LogP contribution in [-0.4, -0.2) is 92.7 Å². The third-order valence-corrected chi connectivity index (χ3v) is 9.60. The number of oxime groups is 1. The summed E-state index contributed by atoms with van der Waals surface area (Å²) in [6.45, 7) is 0. The minimum atomic E-state index is -1.83. The SMILES string of the molecule is Nc1nc(/C(=N/O[C@H](C(=O)O)c2ccc(O)c(O)c2)C(=O)NC2C(=O)N3C(C(=O)O)=C(CSc4nc(N)c(N)c(N)n4)CS[C@@H]23)cs1. The van der Waals surface area contributed by atoms with E-state index >= 15 is 0 Å². The van der Waals surface area contributed by atoms with E-state index in [1.165, 1.54) is 23.2 Å². The monoisotopic (exact) mass is 704 g/mol. The molecule has 0 saturated carbocycles. The zero-order chi connectivity index (χ0) is 34.2. The number of anilines is 4. The molecule has 1 aromatic carbocycles. The average Bonchev–Trinajstić information content (AvgIpc) is 3.45. The molecule has 22 heteroatoms. The van der Waals surface area contributed by atoms with Gasteiger partial charge >= 0.3 is 11.9 Å². The first-order chi connectivity index (χ1) is 22.3. The Hall–Kier alpha value is -5.48. The molecule has 0 spiro atoms. The predicted octanol–water partition coefficient (Wildman–Crippen LogP) is -0.249. The van der Waals surface area contributed by atoms with Crippen molar-refractivity contribution in [1.29, 1.82) is 0 Å². The highest BCUT2D eigenvalue weighted by Crippen LogP contribution is 2.41. The van der Waals surface area contributed by atoms with Gasteiger partial charge in [0.2, 0.25) is 6.10 Å². The number of rotatable bonds is 11. The van der Waals surface area contributed by atoms with Crippen LogP contribution in [0.15, 0.2) is 45.2 Å². The summed E-state index contributed by atoms with van der Waals surface area (Å²) >= 11 is 3.19. The maximum atomic E-state index is 13.4. The van der Waals surface area contributed by atoms with Crippen molar-refractivity contribution in [2.24, 2.45) is 5.16 Å². The van der Waals surface area contributed by atoms with Crippen LogP contribution in [0.1, 0.15) is 17.4 Å². The number of β-lactam (4-membered cyclic amide) rings is 1. The quantitative estimate of drug-likeness (QED) is 0.0310. The van der Waals surface area contributed by atoms with Crippen molar-refractivity contribution in [3.63, 3.8) is 0 Å². The Labute approximate surface area is 275 Å². The van der Waals surface area contributed by atoms with E-state index in [9.17, 15) is 39.6 Å². The Morgan fingerprint density at radius 3 is 2.40 bits per heavy atom. The average molecular weight is 705 g/mol. The number of nitrogens with zero attached hydrogens (tertiary/aromatic N) is 5. The van der Waals surface area contributed by atoms with Crippen LogP contribution in [0.5, 0.6) is 11.5 Å². The first-order valence-corrected chi connectivity index (χ1v) is 15.9. The van der Waals surface area contributed by atoms with Gasteiger partial charge in [-0.25, -0.2) is 24.5 Å². The van der Waals surface area contributed by atoms with E-state index in [4.69, 9.17) is 27.8 Å². The van der Waals surface area contributed by atoms with Gasteiger partial charge in [0.15, 0.2) is 39.1 Å². The molecular weight excluding hydrogens is 681 g/mol. The normalized spacial score (nSPS) is 18.3. The number of aliphatic carboxylic acids is 2. The van der Waals surface area contributed by atoms with Gasteiger partial charge in [-0.1, -0.05) is 23.0 Å². The number of phenolic OH excluding ortho intramolecular Hbond substituents is 2. The van der Waals surface area contributed by atoms with Gasteiger partial charge in [0, 0.05) is 22.4 Å². The summed E-state index contributed by atoms with van der Waals surface area (Å²) in [5, 5.41) is 46.0. The zero-order valence-electron chi connectivity index (χ0n) is 23.6. The van der Waals surface area contributed by atoms with Crippen molar-refractivity contribution >= 4 is 86.8 Å². The third kappa shape index (κ3) is 6.59. The van der Waals surface area contributed by atoms with Gasteiger partial charge in [-0.05, 0) is 17.7 Å². The number of carboxylic acids is 2. The van der Waals surface area contributed by atoms with E-state index in [1.807, 2.05) is 0 Å². The lowest BCUT2D eigenvalue weighted by Crippen LogP contribution is -2.71. The Bertz CT molecular complexity index is 1840. The number of fused-ring (bicyclic) bond motifs is 1. The molecule has 5 rings (SSSR count). The van der Waals surface area contributed by atoms with Crippen molar-refractivity contribution in [2.45, 2.75) is 22.7 Å². The molecule has 3 atom stereocenters. The number of benzene rings is 1. The number of carbonyl (C=O) groups is 4. The smallest absolute Gasteiger partial charge is 0.352 e. The van der Waals surface area contributed by atoms with Gasteiger partial charge in [0.1, 0.15) is 28.5 Å². The van der Waals surface area contributed by atoms with Gasteiger partial charge in [-0.3, -0.25) is 14.5 Å². The zero-order valence-corrected chi connectivity index (χ0v) is 26.0. The molecule has 2 aliphatic heterocycles. The second-order valence-corrected chi connectivity index (χ2v) is 12.6. The van der Waals surface area contributed by atoms with Crippen LogP contribution < -0.4 is 28.3 Å². The first kappa shape index (κ1) is 32.9. The number of nitrogen functional groups attached to an aromatic ring is 4. The van der Waals surface area contributed by atoms with E-state index < -0.39 is 58.5 Å². The van der Waals surface area contributed by atoms with E-state index in [2.05, 4.69) is 25.4 Å². The highest BCUT2D eigenvalue weighted by Gasteiger charge is 2.54. The van der Waals surface area contributed by atoms with Crippen LogP contribution in [-0.2, 0) is 24.0 Å². The highest BCUT2D eigenvalue weighted by molar-refractivity contribution is 8.01. The molecule has 0 aliphatic carbocycles. The summed E-state index contributed by atoms with van der Waals surface area (Å²) < 4.78 is 0. The fourth-order valence-electron chi connectivity index (χ4n) is 4.36. The minimum absolute atomic E-state index is 0.0208. The maximum absolute atomic E-state index is 13.4. The van der Waals surface area contributed by atoms with Gasteiger partial charge in [-0.15, -0.1) is 23.1 Å². The van der Waals surface area contributed by atoms with Crippen LogP contribution in [0, 0.1) is 0 Å². The van der Waals surface area contributed by atoms with Crippen LogP contribution in [0.2, 0.25) is 0 Å². The molecule has 0 radical (unpaired) electrons. The number of thiazole rings is 1. The first-order valence-electron chi connectivity index (χ1n) is 13.0. The number of aromatic hydroxyl groups is 2. The van der Waals surface area contributed by atoms with Crippen LogP contribution in [0.4, 0.5) is 22.5 Å². The fraction of sp³-hybridized carbons (Fsp3) is 0.200. The second-order valence-electron chi connectivity index (χ2n) is 9.68. The number of hydrogen-bond donors (Lipinski definition) is 9. The Morgan fingerprint density at radius 2 is 1.81 bits per heavy atom. The molecule has 246 valence electrons. The minimum Gasteiger partial charge on any atom is -0.504 e. The van der Waals surface area contributed by atoms with Crippen molar-refractivity contribution in [1.82, 2.24) is 25.2 Å². The maximum Gasteiger partial charge on any atom is 0.352 e. The van der Waals surface area contributed by atoms with Gasteiger partial charge in [0.05, 0.1) is 0 Å². The lowest BCUT2D eigenvalue weighted by Gasteiger charge is -2.49. The molecule has 1 saturated heterocycles. The number of hydrogen-bond acceptors (Lipinski definition) is 18. The standard InChI is InChI=1S/C25H24N10O9S3/c26-12-17(27)32-25(33-18(12)28)47-5-8-4-45-21-14(20(39)35(21)15(8)22(40)41)31-19(38)13(9-6-46-24(29)30-9)34-44-16(23(42)43)7-1-2-10(36)11(37)3-7/h1-3,6,14,16,21,36-37H,4-5,26H2,(H2,29,30)(H,31,38)(H,40,41)(H,42,43)(H4,27,28,32,33)/b34-13-/t14?,16-,21-/m0/s1. The molecule has 0 bridgehead atoms. The van der Waals surface area contributed by atoms with Crippen molar-refractivity contribution < 1.29 is 44.4 Å². The Balaban J connectivity index is 1.35. The summed E-state index contributed by atoms with van der Waals surface area (Å²) in [5.74, 6) is -5.57. The number of phenols is 2. The molecule has 3 aromatic rings. The summed E-state index contributed by atoms with van der Waals surface area (Å²) in [6, 6.07) is 1.96. The Morgan fingerprint density at radius 1 is 1.11 bits per heavy atom. The van der Waals surface area contributed by atoms with E-state index in [0.29, 0.717) is 5.57 Å². The van der Waals surface area contributed by atoms with E-state index in [1.54, 1.807) is 0 Å². The molecule has 1 unspecified atom stereocenters. The topological polar surface area (TPSA) is 329 Å². The molecule has 4 heterocycles. The third-order valence-electron chi connectivity index (χ3n) is 6.65. The van der Waals surface area contributed by atoms with E-state index in [0.717, 1.165) is 40.1 Å². The molecule has 1 fully saturated rings. The lowest BCUT2D eigenvalue weighted by molar-refractivity contribution is -0.151. The van der Waals surface area contributed by atoms with Crippen molar-refractivity contribution in [2.75, 3.05) is 34.4 Å². The Kier molecular flexibility index (Phi) is 9.17. The second kappa shape index (κ2) is 13.1. The summed E-state index contributed by atoms with van der Waals surface area (Å²) in [7, 11) is 0. The van der Waals surface area contributed by atoms with Crippen LogP contribution >= 0.6 is 34.9 Å². The number of nitrogens with one attached hydrogen (secondary N) is 1. The van der Waals surface area contributed by atoms with Gasteiger partial charge in [-0.2, -0.15) is 0 Å². The highest BCUT2D eigenvalue weighted by atomic mass is 32.2. The molecule has 2 aliphatic rings. The molecule has 2 amide bonds. The van der Waals surface area contributed by atoms with Crippen molar-refractivity contribution in [3.05, 3.63) is 46.1 Å². The van der Waals surface area contributed by atoms with Gasteiger partial charge < -0.3 is 53.5 Å². The van der Waals surface area contributed by atoms with Crippen LogP contribution in [0.25, 0.3) is 0 Å². The number of carboxylic acid groups (broad SMARTS) is 2. The van der Waals surface area contributed by atoms with E-state index in [-0.39, 0.29) is 56.1 Å². The number of amides is 2. The molecule has 47 heavy (non-hydrogen) atoms. The summed E-state index contributed by atoms with van der Waals surface area (Å²) in [5.41, 5.74) is 22.2. The number of aromatic nitrogens is 3. The summed E-state index contributed by atoms with van der Waals surface area (Å²) in [6.07, 6.45) is -1.83.